The zero-order valence-corrected chi connectivity index (χ0v) is 12.3. The molecule has 1 heterocycles. The molecule has 100 valence electrons. The van der Waals surface area contributed by atoms with Gasteiger partial charge >= 0.3 is 0 Å². The number of nitrogens with one attached hydrogen (secondary N) is 1. The molecule has 2 nitrogen and oxygen atoms in total. The van der Waals surface area contributed by atoms with Crippen LogP contribution in [0, 0.1) is 12.8 Å². The summed E-state index contributed by atoms with van der Waals surface area (Å²) < 4.78 is 0. The van der Waals surface area contributed by atoms with E-state index in [9.17, 15) is 0 Å². The van der Waals surface area contributed by atoms with E-state index in [1.54, 1.807) is 0 Å². The molecule has 1 aromatic rings. The van der Waals surface area contributed by atoms with Crippen LogP contribution in [0.25, 0.3) is 0 Å². The van der Waals surface area contributed by atoms with Gasteiger partial charge in [-0.1, -0.05) is 31.5 Å². The molecule has 0 aromatic heterocycles. The van der Waals surface area contributed by atoms with Crippen LogP contribution in [0.15, 0.2) is 18.2 Å². The van der Waals surface area contributed by atoms with E-state index in [0.29, 0.717) is 12.0 Å². The van der Waals surface area contributed by atoms with Crippen molar-refractivity contribution in [2.24, 2.45) is 5.92 Å². The second-order valence-electron chi connectivity index (χ2n) is 5.56. The van der Waals surface area contributed by atoms with Gasteiger partial charge in [0.05, 0.1) is 10.7 Å². The summed E-state index contributed by atoms with van der Waals surface area (Å²) >= 11 is 6.35. The van der Waals surface area contributed by atoms with E-state index in [1.165, 1.54) is 17.7 Å². The quantitative estimate of drug-likeness (QED) is 0.882. The smallest absolute Gasteiger partial charge is 0.0639 e. The summed E-state index contributed by atoms with van der Waals surface area (Å²) in [4.78, 5) is 2.43. The number of rotatable bonds is 2. The van der Waals surface area contributed by atoms with Crippen LogP contribution in [0.2, 0.25) is 5.02 Å². The first-order chi connectivity index (χ1) is 8.58. The third-order valence-electron chi connectivity index (χ3n) is 3.68. The minimum atomic E-state index is 0.545. The molecule has 1 N–H and O–H groups in total. The number of halogens is 1. The van der Waals surface area contributed by atoms with Crippen molar-refractivity contribution in [2.75, 3.05) is 24.5 Å². The molecule has 1 aromatic carbocycles. The molecule has 1 fully saturated rings. The van der Waals surface area contributed by atoms with Gasteiger partial charge in [-0.15, -0.1) is 0 Å². The Balaban J connectivity index is 2.22. The lowest BCUT2D eigenvalue weighted by atomic mass is 10.0. The minimum Gasteiger partial charge on any atom is -0.369 e. The third kappa shape index (κ3) is 3.18. The molecular formula is C15H23ClN2. The first-order valence-electron chi connectivity index (χ1n) is 6.82. The largest absolute Gasteiger partial charge is 0.369 e. The highest BCUT2D eigenvalue weighted by molar-refractivity contribution is 6.33. The molecule has 0 spiro atoms. The Labute approximate surface area is 115 Å². The third-order valence-corrected chi connectivity index (χ3v) is 4.00. The Morgan fingerprint density at radius 1 is 1.39 bits per heavy atom. The Bertz CT molecular complexity index is 403. The number of benzene rings is 1. The maximum atomic E-state index is 6.35. The van der Waals surface area contributed by atoms with E-state index in [0.717, 1.165) is 24.7 Å². The van der Waals surface area contributed by atoms with Crippen LogP contribution in [-0.4, -0.2) is 25.7 Å². The second-order valence-corrected chi connectivity index (χ2v) is 5.97. The van der Waals surface area contributed by atoms with Crippen LogP contribution < -0.4 is 10.2 Å². The topological polar surface area (TPSA) is 15.3 Å². The molecule has 2 rings (SSSR count). The van der Waals surface area contributed by atoms with E-state index in [2.05, 4.69) is 43.1 Å². The van der Waals surface area contributed by atoms with Crippen molar-refractivity contribution in [3.8, 4) is 0 Å². The molecule has 1 atom stereocenters. The Hall–Kier alpha value is -0.730. The number of hydrogen-bond acceptors (Lipinski definition) is 2. The SMILES string of the molecule is Cc1ccc(Cl)c(N2CCCNC(C(C)C)C2)c1. The van der Waals surface area contributed by atoms with Crippen LogP contribution in [0.4, 0.5) is 5.69 Å². The molecule has 0 radical (unpaired) electrons. The molecule has 0 saturated carbocycles. The highest BCUT2D eigenvalue weighted by Crippen LogP contribution is 2.28. The number of aryl methyl sites for hydroxylation is 1. The zero-order chi connectivity index (χ0) is 13.1. The maximum Gasteiger partial charge on any atom is 0.0639 e. The van der Waals surface area contributed by atoms with Crippen LogP contribution >= 0.6 is 11.6 Å². The molecule has 1 saturated heterocycles. The van der Waals surface area contributed by atoms with E-state index in [-0.39, 0.29) is 0 Å². The monoisotopic (exact) mass is 266 g/mol. The summed E-state index contributed by atoms with van der Waals surface area (Å²) in [6, 6.07) is 6.83. The van der Waals surface area contributed by atoms with Crippen molar-refractivity contribution in [2.45, 2.75) is 33.2 Å². The molecule has 18 heavy (non-hydrogen) atoms. The average molecular weight is 267 g/mol. The lowest BCUT2D eigenvalue weighted by Gasteiger charge is -2.29. The van der Waals surface area contributed by atoms with Crippen molar-refractivity contribution in [1.82, 2.24) is 5.32 Å². The fourth-order valence-corrected chi connectivity index (χ4v) is 2.72. The molecule has 0 aliphatic carbocycles. The zero-order valence-electron chi connectivity index (χ0n) is 11.5. The van der Waals surface area contributed by atoms with Gasteiger partial charge in [-0.25, -0.2) is 0 Å². The van der Waals surface area contributed by atoms with Gasteiger partial charge in [0, 0.05) is 19.1 Å². The van der Waals surface area contributed by atoms with Crippen molar-refractivity contribution in [1.29, 1.82) is 0 Å². The highest BCUT2D eigenvalue weighted by atomic mass is 35.5. The van der Waals surface area contributed by atoms with Gasteiger partial charge in [-0.3, -0.25) is 0 Å². The minimum absolute atomic E-state index is 0.545. The van der Waals surface area contributed by atoms with E-state index in [1.807, 2.05) is 6.07 Å². The van der Waals surface area contributed by atoms with E-state index in [4.69, 9.17) is 11.6 Å². The molecule has 0 bridgehead atoms. The van der Waals surface area contributed by atoms with Crippen LogP contribution in [0.1, 0.15) is 25.8 Å². The lowest BCUT2D eigenvalue weighted by Crippen LogP contribution is -2.41. The van der Waals surface area contributed by atoms with Crippen molar-refractivity contribution in [3.05, 3.63) is 28.8 Å². The molecule has 1 aliphatic rings. The van der Waals surface area contributed by atoms with Gasteiger partial charge in [0.1, 0.15) is 0 Å². The van der Waals surface area contributed by atoms with Crippen LogP contribution in [-0.2, 0) is 0 Å². The number of hydrogen-bond donors (Lipinski definition) is 1. The fraction of sp³-hybridized carbons (Fsp3) is 0.600. The predicted molar refractivity (Wildman–Crippen MR) is 79.6 cm³/mol. The average Bonchev–Trinajstić information content (AvgIpc) is 2.58. The summed E-state index contributed by atoms with van der Waals surface area (Å²) in [6.45, 7) is 9.90. The van der Waals surface area contributed by atoms with Crippen molar-refractivity contribution < 1.29 is 0 Å². The first-order valence-corrected chi connectivity index (χ1v) is 7.20. The van der Waals surface area contributed by atoms with Gasteiger partial charge in [-0.05, 0) is 43.5 Å². The maximum absolute atomic E-state index is 6.35. The lowest BCUT2D eigenvalue weighted by molar-refractivity contribution is 0.420. The van der Waals surface area contributed by atoms with Gasteiger partial charge in [0.2, 0.25) is 0 Å². The molecule has 0 amide bonds. The summed E-state index contributed by atoms with van der Waals surface area (Å²) in [6.07, 6.45) is 1.17. The van der Waals surface area contributed by atoms with E-state index >= 15 is 0 Å². The highest BCUT2D eigenvalue weighted by Gasteiger charge is 2.21. The predicted octanol–water partition coefficient (Wildman–Crippen LogP) is 3.47. The van der Waals surface area contributed by atoms with Crippen LogP contribution in [0.5, 0.6) is 0 Å². The molecule has 1 unspecified atom stereocenters. The van der Waals surface area contributed by atoms with Gasteiger partial charge < -0.3 is 10.2 Å². The van der Waals surface area contributed by atoms with E-state index < -0.39 is 0 Å². The fourth-order valence-electron chi connectivity index (χ4n) is 2.48. The number of anilines is 1. The molecule has 3 heteroatoms. The number of nitrogens with zero attached hydrogens (tertiary/aromatic N) is 1. The normalized spacial score (nSPS) is 21.2. The standard InChI is InChI=1S/C15H23ClN2/c1-11(2)14-10-18(8-4-7-17-14)15-9-12(3)5-6-13(15)16/h5-6,9,11,14,17H,4,7-8,10H2,1-3H3. The summed E-state index contributed by atoms with van der Waals surface area (Å²) in [5, 5.41) is 4.50. The summed E-state index contributed by atoms with van der Waals surface area (Å²) in [5.41, 5.74) is 2.46. The van der Waals surface area contributed by atoms with Crippen molar-refractivity contribution in [3.63, 3.8) is 0 Å². The first kappa shape index (κ1) is 13.7. The Morgan fingerprint density at radius 3 is 2.89 bits per heavy atom. The molecule has 1 aliphatic heterocycles. The second kappa shape index (κ2) is 5.94. The van der Waals surface area contributed by atoms with Gasteiger partial charge in [0.15, 0.2) is 0 Å². The van der Waals surface area contributed by atoms with Crippen LogP contribution in [0.3, 0.4) is 0 Å². The molecular weight excluding hydrogens is 244 g/mol. The summed E-state index contributed by atoms with van der Waals surface area (Å²) in [7, 11) is 0. The summed E-state index contributed by atoms with van der Waals surface area (Å²) in [5.74, 6) is 0.647. The van der Waals surface area contributed by atoms with Crippen molar-refractivity contribution >= 4 is 17.3 Å². The Kier molecular flexibility index (Phi) is 4.52. The van der Waals surface area contributed by atoms with Gasteiger partial charge in [-0.2, -0.15) is 0 Å². The van der Waals surface area contributed by atoms with Gasteiger partial charge in [0.25, 0.3) is 0 Å². The Morgan fingerprint density at radius 2 is 2.17 bits per heavy atom.